The van der Waals surface area contributed by atoms with E-state index in [1.807, 2.05) is 30.0 Å². The number of rotatable bonds is 5. The molecule has 7 heteroatoms. The molecule has 1 aliphatic heterocycles. The van der Waals surface area contributed by atoms with Crippen molar-refractivity contribution < 1.29 is 9.53 Å². The van der Waals surface area contributed by atoms with Gasteiger partial charge in [-0.1, -0.05) is 23.7 Å². The van der Waals surface area contributed by atoms with E-state index in [1.165, 1.54) is 0 Å². The molecule has 3 rings (SSSR count). The Balaban J connectivity index is 1.59. The first kappa shape index (κ1) is 16.8. The van der Waals surface area contributed by atoms with Crippen LogP contribution >= 0.6 is 11.6 Å². The number of amides is 2. The number of para-hydroxylation sites is 1. The quantitative estimate of drug-likeness (QED) is 0.900. The number of carbonyl (C=O) groups is 1. The second-order valence-electron chi connectivity index (χ2n) is 5.82. The summed E-state index contributed by atoms with van der Waals surface area (Å²) in [5.74, 6) is 0.418. The number of carbonyl (C=O) groups excluding carboxylic acids is 1. The average Bonchev–Trinajstić information content (AvgIpc) is 3.23. The van der Waals surface area contributed by atoms with E-state index in [0.717, 1.165) is 25.2 Å². The number of benzene rings is 1. The molecule has 24 heavy (non-hydrogen) atoms. The molecule has 0 unspecified atom stereocenters. The summed E-state index contributed by atoms with van der Waals surface area (Å²) < 4.78 is 7.10. The van der Waals surface area contributed by atoms with E-state index in [1.54, 1.807) is 23.1 Å². The van der Waals surface area contributed by atoms with E-state index in [-0.39, 0.29) is 6.03 Å². The van der Waals surface area contributed by atoms with Crippen molar-refractivity contribution in [3.63, 3.8) is 0 Å². The Morgan fingerprint density at radius 3 is 3.08 bits per heavy atom. The molecule has 0 bridgehead atoms. The Bertz CT molecular complexity index is 703. The maximum absolute atomic E-state index is 12.4. The highest BCUT2D eigenvalue weighted by Crippen LogP contribution is 2.21. The van der Waals surface area contributed by atoms with Gasteiger partial charge in [0.25, 0.3) is 0 Å². The number of ether oxygens (including phenoxy) is 1. The number of halogens is 1. The highest BCUT2D eigenvalue weighted by molar-refractivity contribution is 6.32. The number of urea groups is 1. The van der Waals surface area contributed by atoms with Crippen LogP contribution in [0.5, 0.6) is 0 Å². The molecular formula is C17H21ClN4O2. The van der Waals surface area contributed by atoms with Gasteiger partial charge in [0.15, 0.2) is 0 Å². The second kappa shape index (κ2) is 7.68. The molecule has 0 aliphatic carbocycles. The lowest BCUT2D eigenvalue weighted by atomic mass is 10.1. The van der Waals surface area contributed by atoms with Crippen molar-refractivity contribution in [2.45, 2.75) is 13.3 Å². The van der Waals surface area contributed by atoms with Crippen LogP contribution in [0.1, 0.15) is 13.3 Å². The predicted octanol–water partition coefficient (Wildman–Crippen LogP) is 3.42. The SMILES string of the molecule is CCOC[C@H]1CCN(C(=O)Nc2cnn(-c3ccccc3Cl)c2)C1. The van der Waals surface area contributed by atoms with E-state index in [0.29, 0.717) is 29.8 Å². The number of anilines is 1. The molecular weight excluding hydrogens is 328 g/mol. The van der Waals surface area contributed by atoms with Crippen LogP contribution < -0.4 is 5.32 Å². The van der Waals surface area contributed by atoms with Crippen LogP contribution in [0.3, 0.4) is 0 Å². The van der Waals surface area contributed by atoms with Gasteiger partial charge in [-0.3, -0.25) is 0 Å². The summed E-state index contributed by atoms with van der Waals surface area (Å²) in [5.41, 5.74) is 1.42. The van der Waals surface area contributed by atoms with Crippen molar-refractivity contribution in [1.82, 2.24) is 14.7 Å². The zero-order valence-corrected chi connectivity index (χ0v) is 14.4. The van der Waals surface area contributed by atoms with Gasteiger partial charge in [0.2, 0.25) is 0 Å². The van der Waals surface area contributed by atoms with E-state index >= 15 is 0 Å². The number of nitrogens with one attached hydrogen (secondary N) is 1. The van der Waals surface area contributed by atoms with Crippen molar-refractivity contribution in [3.05, 3.63) is 41.7 Å². The average molecular weight is 349 g/mol. The molecule has 128 valence electrons. The van der Waals surface area contributed by atoms with Crippen LogP contribution in [-0.2, 0) is 4.74 Å². The van der Waals surface area contributed by atoms with Gasteiger partial charge in [-0.05, 0) is 25.5 Å². The molecule has 0 spiro atoms. The van der Waals surface area contributed by atoms with Crippen molar-refractivity contribution in [2.75, 3.05) is 31.6 Å². The normalized spacial score (nSPS) is 17.2. The fraction of sp³-hybridized carbons (Fsp3) is 0.412. The van der Waals surface area contributed by atoms with Crippen molar-refractivity contribution in [2.24, 2.45) is 5.92 Å². The summed E-state index contributed by atoms with van der Waals surface area (Å²) in [7, 11) is 0. The van der Waals surface area contributed by atoms with E-state index in [2.05, 4.69) is 10.4 Å². The topological polar surface area (TPSA) is 59.4 Å². The van der Waals surface area contributed by atoms with Gasteiger partial charge in [0, 0.05) is 25.6 Å². The number of nitrogens with zero attached hydrogens (tertiary/aromatic N) is 3. The maximum atomic E-state index is 12.4. The highest BCUT2D eigenvalue weighted by atomic mass is 35.5. The zero-order valence-electron chi connectivity index (χ0n) is 13.6. The Kier molecular flexibility index (Phi) is 5.37. The molecule has 2 amide bonds. The minimum atomic E-state index is -0.104. The van der Waals surface area contributed by atoms with Gasteiger partial charge < -0.3 is 15.0 Å². The smallest absolute Gasteiger partial charge is 0.321 e. The van der Waals surface area contributed by atoms with Gasteiger partial charge in [-0.2, -0.15) is 5.10 Å². The summed E-state index contributed by atoms with van der Waals surface area (Å²) in [6, 6.07) is 7.33. The fourth-order valence-corrected chi connectivity index (χ4v) is 3.02. The highest BCUT2D eigenvalue weighted by Gasteiger charge is 2.26. The maximum Gasteiger partial charge on any atom is 0.321 e. The van der Waals surface area contributed by atoms with Crippen LogP contribution in [0, 0.1) is 5.92 Å². The molecule has 1 aliphatic rings. The van der Waals surface area contributed by atoms with Crippen molar-refractivity contribution in [3.8, 4) is 5.69 Å². The second-order valence-corrected chi connectivity index (χ2v) is 6.22. The predicted molar refractivity (Wildman–Crippen MR) is 93.8 cm³/mol. The summed E-state index contributed by atoms with van der Waals surface area (Å²) in [6.45, 7) is 4.89. The molecule has 6 nitrogen and oxygen atoms in total. The number of hydrogen-bond acceptors (Lipinski definition) is 3. The van der Waals surface area contributed by atoms with Gasteiger partial charge in [0.05, 0.1) is 35.4 Å². The summed E-state index contributed by atoms with van der Waals surface area (Å²) in [4.78, 5) is 14.2. The zero-order chi connectivity index (χ0) is 16.9. The van der Waals surface area contributed by atoms with Crippen LogP contribution in [0.4, 0.5) is 10.5 Å². The summed E-state index contributed by atoms with van der Waals surface area (Å²) >= 11 is 6.17. The Morgan fingerprint density at radius 2 is 2.29 bits per heavy atom. The van der Waals surface area contributed by atoms with Crippen LogP contribution in [0.2, 0.25) is 5.02 Å². The third-order valence-corrected chi connectivity index (χ3v) is 4.38. The molecule has 1 fully saturated rings. The lowest BCUT2D eigenvalue weighted by Gasteiger charge is -2.16. The Morgan fingerprint density at radius 1 is 1.46 bits per heavy atom. The third kappa shape index (κ3) is 3.88. The third-order valence-electron chi connectivity index (χ3n) is 4.06. The molecule has 1 aromatic heterocycles. The van der Waals surface area contributed by atoms with Gasteiger partial charge in [-0.25, -0.2) is 9.48 Å². The van der Waals surface area contributed by atoms with E-state index < -0.39 is 0 Å². The molecule has 0 radical (unpaired) electrons. The Hall–Kier alpha value is -2.05. The molecule has 2 aromatic rings. The summed E-state index contributed by atoms with van der Waals surface area (Å²) in [6.07, 6.45) is 4.36. The van der Waals surface area contributed by atoms with Crippen molar-refractivity contribution in [1.29, 1.82) is 0 Å². The molecule has 2 heterocycles. The van der Waals surface area contributed by atoms with E-state index in [9.17, 15) is 4.79 Å². The number of likely N-dealkylation sites (tertiary alicyclic amines) is 1. The lowest BCUT2D eigenvalue weighted by molar-refractivity contribution is 0.113. The van der Waals surface area contributed by atoms with Gasteiger partial charge in [0.1, 0.15) is 0 Å². The van der Waals surface area contributed by atoms with Gasteiger partial charge >= 0.3 is 6.03 Å². The molecule has 1 N–H and O–H groups in total. The largest absolute Gasteiger partial charge is 0.381 e. The first-order valence-electron chi connectivity index (χ1n) is 8.10. The minimum Gasteiger partial charge on any atom is -0.381 e. The molecule has 1 saturated heterocycles. The standard InChI is InChI=1S/C17H21ClN4O2/c1-2-24-12-13-7-8-21(10-13)17(23)20-14-9-19-22(11-14)16-6-4-3-5-15(16)18/h3-6,9,11,13H,2,7-8,10,12H2,1H3,(H,20,23)/t13-/m0/s1. The molecule has 0 saturated carbocycles. The number of hydrogen-bond donors (Lipinski definition) is 1. The first-order chi connectivity index (χ1) is 11.7. The summed E-state index contributed by atoms with van der Waals surface area (Å²) in [5, 5.41) is 7.76. The van der Waals surface area contributed by atoms with E-state index in [4.69, 9.17) is 16.3 Å². The number of aromatic nitrogens is 2. The van der Waals surface area contributed by atoms with Crippen LogP contribution in [-0.4, -0.2) is 47.0 Å². The minimum absolute atomic E-state index is 0.104. The molecule has 1 atom stereocenters. The van der Waals surface area contributed by atoms with Crippen LogP contribution in [0.15, 0.2) is 36.7 Å². The lowest BCUT2D eigenvalue weighted by Crippen LogP contribution is -2.33. The van der Waals surface area contributed by atoms with Gasteiger partial charge in [-0.15, -0.1) is 0 Å². The van der Waals surface area contributed by atoms with Crippen LogP contribution in [0.25, 0.3) is 5.69 Å². The monoisotopic (exact) mass is 348 g/mol. The Labute approximate surface area is 146 Å². The first-order valence-corrected chi connectivity index (χ1v) is 8.48. The fourth-order valence-electron chi connectivity index (χ4n) is 2.80. The van der Waals surface area contributed by atoms with Crippen molar-refractivity contribution >= 4 is 23.3 Å². The molecule has 1 aromatic carbocycles.